The number of benzene rings is 1. The first kappa shape index (κ1) is 16.1. The lowest BCUT2D eigenvalue weighted by atomic mass is 10.2. The molecule has 1 aromatic rings. The summed E-state index contributed by atoms with van der Waals surface area (Å²) in [4.78, 5) is 14.0. The molecular weight excluding hydrogens is 290 g/mol. The summed E-state index contributed by atoms with van der Waals surface area (Å²) in [5, 5.41) is 0. The number of carbonyl (C=O) groups excluding carboxylic acids is 1. The number of morpholine rings is 1. The first-order valence-corrected chi connectivity index (χ1v) is 7.80. The number of aryl methyl sites for hydroxylation is 1. The summed E-state index contributed by atoms with van der Waals surface area (Å²) in [6.45, 7) is 5.55. The zero-order chi connectivity index (χ0) is 15.2. The highest BCUT2D eigenvalue weighted by molar-refractivity contribution is 6.18. The summed E-state index contributed by atoms with van der Waals surface area (Å²) in [7, 11) is 0. The van der Waals surface area contributed by atoms with Gasteiger partial charge in [-0.15, -0.1) is 11.6 Å². The smallest absolute Gasteiger partial charge is 0.226 e. The predicted molar refractivity (Wildman–Crippen MR) is 82.9 cm³/mol. The number of ether oxygens (including phenoxy) is 2. The molecule has 0 aromatic heterocycles. The number of hydrogen-bond acceptors (Lipinski definition) is 3. The highest BCUT2D eigenvalue weighted by Crippen LogP contribution is 2.15. The van der Waals surface area contributed by atoms with Crippen LogP contribution in [0.15, 0.2) is 24.3 Å². The summed E-state index contributed by atoms with van der Waals surface area (Å²) in [5.74, 6) is 1.30. The number of carbonyl (C=O) groups is 1. The molecule has 0 bridgehead atoms. The van der Waals surface area contributed by atoms with E-state index in [-0.39, 0.29) is 18.1 Å². The van der Waals surface area contributed by atoms with Crippen LogP contribution in [0.5, 0.6) is 5.75 Å². The molecule has 5 heteroatoms. The Bertz CT molecular complexity index is 480. The van der Waals surface area contributed by atoms with E-state index in [1.165, 1.54) is 0 Å². The Balaban J connectivity index is 1.79. The Morgan fingerprint density at radius 1 is 1.48 bits per heavy atom. The highest BCUT2D eigenvalue weighted by Gasteiger charge is 2.27. The van der Waals surface area contributed by atoms with Crippen LogP contribution < -0.4 is 4.74 Å². The largest absolute Gasteiger partial charge is 0.493 e. The van der Waals surface area contributed by atoms with Gasteiger partial charge in [-0.2, -0.15) is 0 Å². The van der Waals surface area contributed by atoms with Crippen molar-refractivity contribution >= 4 is 17.5 Å². The maximum Gasteiger partial charge on any atom is 0.226 e. The van der Waals surface area contributed by atoms with Crippen LogP contribution in [-0.2, 0) is 9.53 Å². The Morgan fingerprint density at radius 2 is 2.29 bits per heavy atom. The molecule has 21 heavy (non-hydrogen) atoms. The molecular formula is C16H22ClNO3. The average Bonchev–Trinajstić information content (AvgIpc) is 2.46. The molecule has 2 unspecified atom stereocenters. The zero-order valence-electron chi connectivity index (χ0n) is 12.5. The molecule has 4 nitrogen and oxygen atoms in total. The number of alkyl halides is 1. The Hall–Kier alpha value is -1.26. The lowest BCUT2D eigenvalue weighted by Crippen LogP contribution is -2.50. The van der Waals surface area contributed by atoms with E-state index in [4.69, 9.17) is 21.1 Å². The first-order chi connectivity index (χ1) is 10.1. The Morgan fingerprint density at radius 3 is 3.00 bits per heavy atom. The zero-order valence-corrected chi connectivity index (χ0v) is 13.3. The summed E-state index contributed by atoms with van der Waals surface area (Å²) >= 11 is 5.83. The molecule has 1 aliphatic heterocycles. The maximum atomic E-state index is 12.2. The number of rotatable bonds is 5. The van der Waals surface area contributed by atoms with Crippen molar-refractivity contribution in [1.82, 2.24) is 4.90 Å². The SMILES string of the molecule is Cc1cccc(OCCC(=O)N2CC(C)OC(CCl)C2)c1. The van der Waals surface area contributed by atoms with Crippen molar-refractivity contribution in [3.05, 3.63) is 29.8 Å². The van der Waals surface area contributed by atoms with Crippen LogP contribution in [-0.4, -0.2) is 48.6 Å². The van der Waals surface area contributed by atoms with Gasteiger partial charge in [-0.25, -0.2) is 0 Å². The quantitative estimate of drug-likeness (QED) is 0.785. The number of halogens is 1. The minimum absolute atomic E-state index is 0.0316. The maximum absolute atomic E-state index is 12.2. The van der Waals surface area contributed by atoms with Gasteiger partial charge >= 0.3 is 0 Å². The van der Waals surface area contributed by atoms with Crippen molar-refractivity contribution in [1.29, 1.82) is 0 Å². The third kappa shape index (κ3) is 4.90. The van der Waals surface area contributed by atoms with Gasteiger partial charge in [0.1, 0.15) is 5.75 Å². The molecule has 0 saturated carbocycles. The van der Waals surface area contributed by atoms with Gasteiger partial charge in [0.05, 0.1) is 31.1 Å². The van der Waals surface area contributed by atoms with Gasteiger partial charge in [-0.1, -0.05) is 12.1 Å². The van der Waals surface area contributed by atoms with Gasteiger partial charge < -0.3 is 14.4 Å². The van der Waals surface area contributed by atoms with Crippen LogP contribution in [0.3, 0.4) is 0 Å². The van der Waals surface area contributed by atoms with E-state index in [1.807, 2.05) is 43.0 Å². The molecule has 1 fully saturated rings. The predicted octanol–water partition coefficient (Wildman–Crippen LogP) is 2.62. The van der Waals surface area contributed by atoms with Crippen molar-refractivity contribution in [2.45, 2.75) is 32.5 Å². The van der Waals surface area contributed by atoms with Crippen molar-refractivity contribution in [2.24, 2.45) is 0 Å². The highest BCUT2D eigenvalue weighted by atomic mass is 35.5. The van der Waals surface area contributed by atoms with Crippen LogP contribution in [0, 0.1) is 6.92 Å². The molecule has 0 aliphatic carbocycles. The van der Waals surface area contributed by atoms with Crippen LogP contribution in [0.25, 0.3) is 0 Å². The Kier molecular flexibility index (Phi) is 5.88. The second-order valence-electron chi connectivity index (χ2n) is 5.44. The van der Waals surface area contributed by atoms with E-state index in [2.05, 4.69) is 0 Å². The van der Waals surface area contributed by atoms with Crippen LogP contribution in [0.2, 0.25) is 0 Å². The van der Waals surface area contributed by atoms with Gasteiger partial charge in [0, 0.05) is 13.1 Å². The fourth-order valence-electron chi connectivity index (χ4n) is 2.45. The van der Waals surface area contributed by atoms with Gasteiger partial charge in [0.2, 0.25) is 5.91 Å². The fraction of sp³-hybridized carbons (Fsp3) is 0.562. The van der Waals surface area contributed by atoms with E-state index >= 15 is 0 Å². The summed E-state index contributed by atoms with van der Waals surface area (Å²) in [6, 6.07) is 7.82. The van der Waals surface area contributed by atoms with Gasteiger partial charge in [-0.3, -0.25) is 4.79 Å². The molecule has 1 heterocycles. The van der Waals surface area contributed by atoms with E-state index in [0.29, 0.717) is 32.0 Å². The minimum Gasteiger partial charge on any atom is -0.493 e. The van der Waals surface area contributed by atoms with Crippen molar-refractivity contribution in [2.75, 3.05) is 25.6 Å². The molecule has 1 aromatic carbocycles. The Labute approximate surface area is 131 Å². The van der Waals surface area contributed by atoms with Gasteiger partial charge in [0.25, 0.3) is 0 Å². The van der Waals surface area contributed by atoms with Crippen LogP contribution >= 0.6 is 11.6 Å². The number of hydrogen-bond donors (Lipinski definition) is 0. The normalized spacial score (nSPS) is 22.1. The molecule has 1 aliphatic rings. The van der Waals surface area contributed by atoms with Crippen LogP contribution in [0.4, 0.5) is 0 Å². The monoisotopic (exact) mass is 311 g/mol. The van der Waals surface area contributed by atoms with E-state index in [0.717, 1.165) is 11.3 Å². The second kappa shape index (κ2) is 7.66. The molecule has 0 spiro atoms. The van der Waals surface area contributed by atoms with E-state index in [9.17, 15) is 4.79 Å². The fourth-order valence-corrected chi connectivity index (χ4v) is 2.62. The topological polar surface area (TPSA) is 38.8 Å². The standard InChI is InChI=1S/C16H22ClNO3/c1-12-4-3-5-14(8-12)20-7-6-16(19)18-10-13(2)21-15(9-17)11-18/h3-5,8,13,15H,6-7,9-11H2,1-2H3. The van der Waals surface area contributed by atoms with Gasteiger partial charge in [-0.05, 0) is 31.5 Å². The molecule has 1 saturated heterocycles. The van der Waals surface area contributed by atoms with Crippen molar-refractivity contribution in [3.8, 4) is 5.75 Å². The van der Waals surface area contributed by atoms with Crippen LogP contribution in [0.1, 0.15) is 18.9 Å². The lowest BCUT2D eigenvalue weighted by Gasteiger charge is -2.36. The minimum atomic E-state index is -0.0722. The van der Waals surface area contributed by atoms with Crippen molar-refractivity contribution < 1.29 is 14.3 Å². The second-order valence-corrected chi connectivity index (χ2v) is 5.75. The molecule has 0 radical (unpaired) electrons. The van der Waals surface area contributed by atoms with Gasteiger partial charge in [0.15, 0.2) is 0 Å². The summed E-state index contributed by atoms with van der Waals surface area (Å²) in [5.41, 5.74) is 1.14. The number of amides is 1. The number of nitrogens with zero attached hydrogens (tertiary/aromatic N) is 1. The average molecular weight is 312 g/mol. The van der Waals surface area contributed by atoms with E-state index in [1.54, 1.807) is 0 Å². The van der Waals surface area contributed by atoms with Crippen molar-refractivity contribution in [3.63, 3.8) is 0 Å². The molecule has 0 N–H and O–H groups in total. The van der Waals surface area contributed by atoms with E-state index < -0.39 is 0 Å². The third-order valence-electron chi connectivity index (χ3n) is 3.43. The first-order valence-electron chi connectivity index (χ1n) is 7.27. The lowest BCUT2D eigenvalue weighted by molar-refractivity contribution is -0.143. The molecule has 116 valence electrons. The molecule has 2 atom stereocenters. The summed E-state index contributed by atoms with van der Waals surface area (Å²) in [6.07, 6.45) is 0.330. The molecule has 2 rings (SSSR count). The third-order valence-corrected chi connectivity index (χ3v) is 3.77. The summed E-state index contributed by atoms with van der Waals surface area (Å²) < 4.78 is 11.3. The molecule has 1 amide bonds.